The number of nitrogens with zero attached hydrogens (tertiary/aromatic N) is 4. The molecule has 5 rings (SSSR count). The lowest BCUT2D eigenvalue weighted by molar-refractivity contribution is -0.125. The van der Waals surface area contributed by atoms with Crippen LogP contribution in [-0.2, 0) is 11.3 Å². The van der Waals surface area contributed by atoms with Crippen molar-refractivity contribution in [2.24, 2.45) is 5.92 Å². The minimum atomic E-state index is -0.0521. The summed E-state index contributed by atoms with van der Waals surface area (Å²) < 4.78 is 7.11. The molecule has 1 amide bonds. The topological polar surface area (TPSA) is 71.8 Å². The third-order valence-corrected chi connectivity index (χ3v) is 7.03. The van der Waals surface area contributed by atoms with Gasteiger partial charge in [-0.05, 0) is 37.5 Å². The summed E-state index contributed by atoms with van der Waals surface area (Å²) in [6.07, 6.45) is 3.83. The standard InChI is InChI=1S/C25H27N5O2S/c1-17-8-10-19(11-9-17)22-16-30-24(27-22)33-25(28-30)29-12-4-6-20(15-29)23(31)26-14-18-5-3-7-21(13-18)32-2/h3,5,7-11,13,16,20H,4,6,12,14-15H2,1-2H3,(H,26,31). The van der Waals surface area contributed by atoms with Crippen LogP contribution < -0.4 is 15.0 Å². The van der Waals surface area contributed by atoms with Gasteiger partial charge in [0.25, 0.3) is 0 Å². The number of carbonyl (C=O) groups is 1. The SMILES string of the molecule is COc1cccc(CNC(=O)C2CCCN(c3nn4cc(-c5ccc(C)cc5)nc4s3)C2)c1. The van der Waals surface area contributed by atoms with Gasteiger partial charge in [0, 0.05) is 25.2 Å². The lowest BCUT2D eigenvalue weighted by atomic mass is 9.97. The van der Waals surface area contributed by atoms with Gasteiger partial charge in [-0.15, -0.1) is 5.10 Å². The number of imidazole rings is 1. The Kier molecular flexibility index (Phi) is 6.00. The summed E-state index contributed by atoms with van der Waals surface area (Å²) in [6, 6.07) is 16.1. The molecule has 1 N–H and O–H groups in total. The number of methoxy groups -OCH3 is 1. The molecule has 3 heterocycles. The van der Waals surface area contributed by atoms with Crippen molar-refractivity contribution in [3.05, 3.63) is 65.9 Å². The van der Waals surface area contributed by atoms with Crippen LogP contribution in [0.2, 0.25) is 0 Å². The van der Waals surface area contributed by atoms with Crippen LogP contribution in [0.3, 0.4) is 0 Å². The highest BCUT2D eigenvalue weighted by molar-refractivity contribution is 7.20. The van der Waals surface area contributed by atoms with Gasteiger partial charge in [0.2, 0.25) is 16.0 Å². The fourth-order valence-electron chi connectivity index (χ4n) is 4.16. The molecule has 0 bridgehead atoms. The zero-order chi connectivity index (χ0) is 22.8. The van der Waals surface area contributed by atoms with E-state index in [1.807, 2.05) is 35.0 Å². The lowest BCUT2D eigenvalue weighted by Crippen LogP contribution is -2.43. The number of piperidine rings is 1. The van der Waals surface area contributed by atoms with Crippen LogP contribution >= 0.6 is 11.3 Å². The van der Waals surface area contributed by atoms with Crippen LogP contribution in [0.4, 0.5) is 5.13 Å². The molecular formula is C25H27N5O2S. The third-order valence-electron chi connectivity index (χ3n) is 6.04. The number of aromatic nitrogens is 3. The first-order valence-electron chi connectivity index (χ1n) is 11.2. The number of aryl methyl sites for hydroxylation is 1. The molecule has 0 aliphatic carbocycles. The van der Waals surface area contributed by atoms with Gasteiger partial charge >= 0.3 is 0 Å². The number of ether oxygens (including phenoxy) is 1. The Morgan fingerprint density at radius 2 is 2.09 bits per heavy atom. The maximum Gasteiger partial charge on any atom is 0.225 e. The largest absolute Gasteiger partial charge is 0.497 e. The number of hydrogen-bond donors (Lipinski definition) is 1. The molecule has 0 saturated carbocycles. The van der Waals surface area contributed by atoms with E-state index in [1.54, 1.807) is 18.4 Å². The molecular weight excluding hydrogens is 434 g/mol. The number of anilines is 1. The van der Waals surface area contributed by atoms with Crippen molar-refractivity contribution in [1.29, 1.82) is 0 Å². The normalized spacial score (nSPS) is 16.2. The van der Waals surface area contributed by atoms with Crippen molar-refractivity contribution in [3.8, 4) is 17.0 Å². The molecule has 8 heteroatoms. The Morgan fingerprint density at radius 3 is 2.88 bits per heavy atom. The van der Waals surface area contributed by atoms with Gasteiger partial charge < -0.3 is 15.0 Å². The second-order valence-corrected chi connectivity index (χ2v) is 9.39. The highest BCUT2D eigenvalue weighted by Crippen LogP contribution is 2.30. The van der Waals surface area contributed by atoms with Crippen LogP contribution in [0.1, 0.15) is 24.0 Å². The number of rotatable bonds is 6. The van der Waals surface area contributed by atoms with Gasteiger partial charge in [0.1, 0.15) is 5.75 Å². The number of carbonyl (C=O) groups excluding carboxylic acids is 1. The van der Waals surface area contributed by atoms with E-state index < -0.39 is 0 Å². The Morgan fingerprint density at radius 1 is 1.24 bits per heavy atom. The Bertz CT molecular complexity index is 1230. The molecule has 1 unspecified atom stereocenters. The minimum Gasteiger partial charge on any atom is -0.497 e. The van der Waals surface area contributed by atoms with Crippen molar-refractivity contribution < 1.29 is 9.53 Å². The molecule has 1 saturated heterocycles. The van der Waals surface area contributed by atoms with Gasteiger partial charge in [0.05, 0.1) is 24.9 Å². The number of hydrogen-bond acceptors (Lipinski definition) is 6. The maximum atomic E-state index is 12.8. The molecule has 4 aromatic rings. The molecule has 1 fully saturated rings. The molecule has 1 aliphatic rings. The van der Waals surface area contributed by atoms with Crippen molar-refractivity contribution in [1.82, 2.24) is 19.9 Å². The van der Waals surface area contributed by atoms with Gasteiger partial charge in [-0.25, -0.2) is 9.50 Å². The van der Waals surface area contributed by atoms with Crippen LogP contribution in [0, 0.1) is 12.8 Å². The molecule has 0 radical (unpaired) electrons. The Hall–Kier alpha value is -3.39. The second-order valence-electron chi connectivity index (χ2n) is 8.46. The third kappa shape index (κ3) is 4.71. The molecule has 2 aromatic heterocycles. The van der Waals surface area contributed by atoms with E-state index in [2.05, 4.69) is 41.4 Å². The van der Waals surface area contributed by atoms with Crippen molar-refractivity contribution in [2.75, 3.05) is 25.1 Å². The summed E-state index contributed by atoms with van der Waals surface area (Å²) in [7, 11) is 1.65. The summed E-state index contributed by atoms with van der Waals surface area (Å²) in [5.41, 5.74) is 4.27. The zero-order valence-corrected chi connectivity index (χ0v) is 19.6. The van der Waals surface area contributed by atoms with Crippen LogP contribution in [-0.4, -0.2) is 40.7 Å². The van der Waals surface area contributed by atoms with Crippen molar-refractivity contribution in [3.63, 3.8) is 0 Å². The minimum absolute atomic E-state index is 0.0521. The molecule has 1 aliphatic heterocycles. The predicted octanol–water partition coefficient (Wildman–Crippen LogP) is 4.31. The lowest BCUT2D eigenvalue weighted by Gasteiger charge is -2.31. The summed E-state index contributed by atoms with van der Waals surface area (Å²) in [4.78, 5) is 20.7. The van der Waals surface area contributed by atoms with Gasteiger partial charge in [0.15, 0.2) is 0 Å². The smallest absolute Gasteiger partial charge is 0.225 e. The Labute approximate surface area is 197 Å². The predicted molar refractivity (Wildman–Crippen MR) is 131 cm³/mol. The number of fused-ring (bicyclic) bond motifs is 1. The van der Waals surface area contributed by atoms with Crippen molar-refractivity contribution in [2.45, 2.75) is 26.3 Å². The zero-order valence-electron chi connectivity index (χ0n) is 18.8. The first-order valence-corrected chi connectivity index (χ1v) is 12.0. The van der Waals surface area contributed by atoms with Gasteiger partial charge in [-0.3, -0.25) is 4.79 Å². The number of nitrogens with one attached hydrogen (secondary N) is 1. The molecule has 0 spiro atoms. The number of amides is 1. The average Bonchev–Trinajstić information content (AvgIpc) is 3.43. The van der Waals surface area contributed by atoms with Crippen LogP contribution in [0.15, 0.2) is 54.7 Å². The molecule has 2 aromatic carbocycles. The fourth-order valence-corrected chi connectivity index (χ4v) is 5.08. The van der Waals surface area contributed by atoms with E-state index in [9.17, 15) is 4.79 Å². The maximum absolute atomic E-state index is 12.8. The van der Waals surface area contributed by atoms with E-state index >= 15 is 0 Å². The number of benzene rings is 2. The quantitative estimate of drug-likeness (QED) is 0.463. The highest BCUT2D eigenvalue weighted by atomic mass is 32.1. The summed E-state index contributed by atoms with van der Waals surface area (Å²) in [5.74, 6) is 0.833. The highest BCUT2D eigenvalue weighted by Gasteiger charge is 2.28. The first kappa shape index (κ1) is 21.5. The average molecular weight is 462 g/mol. The van der Waals surface area contributed by atoms with E-state index in [0.29, 0.717) is 13.1 Å². The van der Waals surface area contributed by atoms with Crippen molar-refractivity contribution >= 4 is 27.3 Å². The first-order chi connectivity index (χ1) is 16.1. The van der Waals surface area contributed by atoms with Gasteiger partial charge in [-0.2, -0.15) is 0 Å². The van der Waals surface area contributed by atoms with Crippen LogP contribution in [0.5, 0.6) is 5.75 Å². The summed E-state index contributed by atoms with van der Waals surface area (Å²) >= 11 is 1.57. The van der Waals surface area contributed by atoms with E-state index in [4.69, 9.17) is 14.8 Å². The Balaban J connectivity index is 1.23. The van der Waals surface area contributed by atoms with Gasteiger partial charge in [-0.1, -0.05) is 53.3 Å². The molecule has 170 valence electrons. The van der Waals surface area contributed by atoms with E-state index in [0.717, 1.165) is 52.0 Å². The molecule has 33 heavy (non-hydrogen) atoms. The molecule has 1 atom stereocenters. The van der Waals surface area contributed by atoms with E-state index in [-0.39, 0.29) is 11.8 Å². The monoisotopic (exact) mass is 461 g/mol. The summed E-state index contributed by atoms with van der Waals surface area (Å²) in [6.45, 7) is 4.15. The molecule has 7 nitrogen and oxygen atoms in total. The summed E-state index contributed by atoms with van der Waals surface area (Å²) in [5, 5.41) is 8.76. The van der Waals surface area contributed by atoms with E-state index in [1.165, 1.54) is 5.56 Å². The fraction of sp³-hybridized carbons (Fsp3) is 0.320. The van der Waals surface area contributed by atoms with Crippen LogP contribution in [0.25, 0.3) is 16.2 Å². The second kappa shape index (κ2) is 9.23.